The van der Waals surface area contributed by atoms with E-state index in [4.69, 9.17) is 42.6 Å². The first-order valence-corrected chi connectivity index (χ1v) is 11.1. The second kappa shape index (κ2) is 9.41. The van der Waals surface area contributed by atoms with Gasteiger partial charge in [0.25, 0.3) is 16.0 Å². The minimum Gasteiger partial charge on any atom is -0.478 e. The van der Waals surface area contributed by atoms with Crippen LogP contribution in [0.2, 0.25) is 10.2 Å². The summed E-state index contributed by atoms with van der Waals surface area (Å²) in [6.07, 6.45) is -1.84. The van der Waals surface area contributed by atoms with Gasteiger partial charge in [-0.05, 0) is 35.9 Å². The van der Waals surface area contributed by atoms with Gasteiger partial charge >= 0.3 is 0 Å². The van der Waals surface area contributed by atoms with Crippen molar-refractivity contribution in [3.63, 3.8) is 0 Å². The van der Waals surface area contributed by atoms with E-state index in [1.165, 1.54) is 0 Å². The largest absolute Gasteiger partial charge is 0.478 e. The lowest BCUT2D eigenvalue weighted by Gasteiger charge is -2.17. The van der Waals surface area contributed by atoms with E-state index >= 15 is 0 Å². The topological polar surface area (TPSA) is 133 Å². The molecule has 0 saturated heterocycles. The number of carbonyl (C=O) groups is 1. The smallest absolute Gasteiger partial charge is 0.265 e. The Labute approximate surface area is 190 Å². The summed E-state index contributed by atoms with van der Waals surface area (Å²) in [6.45, 7) is 0. The van der Waals surface area contributed by atoms with E-state index in [0.717, 1.165) is 12.1 Å². The molecular formula is C19H14Cl2F2N2O6S. The van der Waals surface area contributed by atoms with E-state index in [0.29, 0.717) is 10.6 Å². The molecule has 3 N–H and O–H groups in total. The molecule has 0 aliphatic carbocycles. The lowest BCUT2D eigenvalue weighted by Crippen LogP contribution is -2.18. The van der Waals surface area contributed by atoms with E-state index < -0.39 is 57.3 Å². The number of hydrogen-bond acceptors (Lipinski definition) is 6. The van der Waals surface area contributed by atoms with E-state index in [-0.39, 0.29) is 16.8 Å². The van der Waals surface area contributed by atoms with Crippen molar-refractivity contribution in [1.29, 1.82) is 0 Å². The van der Waals surface area contributed by atoms with Gasteiger partial charge in [-0.15, -0.1) is 0 Å². The molecule has 1 heterocycles. The summed E-state index contributed by atoms with van der Waals surface area (Å²) in [4.78, 5) is 15.5. The summed E-state index contributed by atoms with van der Waals surface area (Å²) in [5, 5.41) is 0.278. The molecule has 0 fully saturated rings. The van der Waals surface area contributed by atoms with Crippen LogP contribution in [0.4, 0.5) is 8.78 Å². The quantitative estimate of drug-likeness (QED) is 0.431. The van der Waals surface area contributed by atoms with Crippen LogP contribution in [0.5, 0.6) is 5.75 Å². The summed E-state index contributed by atoms with van der Waals surface area (Å²) < 4.78 is 70.7. The molecule has 0 spiro atoms. The zero-order valence-electron chi connectivity index (χ0n) is 15.9. The maximum Gasteiger partial charge on any atom is 0.265 e. The Morgan fingerprint density at radius 1 is 1.19 bits per heavy atom. The van der Waals surface area contributed by atoms with Crippen LogP contribution in [-0.4, -0.2) is 29.6 Å². The monoisotopic (exact) mass is 506 g/mol. The molecule has 3 aromatic rings. The normalized spacial score (nSPS) is 12.5. The summed E-state index contributed by atoms with van der Waals surface area (Å²) in [5.41, 5.74) is 4.63. The maximum atomic E-state index is 14.6. The molecule has 0 bridgehead atoms. The van der Waals surface area contributed by atoms with E-state index in [1.54, 1.807) is 24.3 Å². The predicted molar refractivity (Wildman–Crippen MR) is 111 cm³/mol. The number of hydrogen-bond donors (Lipinski definition) is 2. The van der Waals surface area contributed by atoms with Crippen LogP contribution in [0.1, 0.15) is 28.8 Å². The van der Waals surface area contributed by atoms with Gasteiger partial charge in [0.15, 0.2) is 17.7 Å². The minimum atomic E-state index is -4.44. The Bertz CT molecular complexity index is 1270. The Balaban J connectivity index is 2.01. The first kappa shape index (κ1) is 23.9. The SMILES string of the molecule is NC(=O)c1c(F)ccc(OC(CCS(=O)(=O)O)c2nc(-c3ccc(Cl)cc3)c(Cl)o2)c1F. The molecule has 0 radical (unpaired) electrons. The summed E-state index contributed by atoms with van der Waals surface area (Å²) in [7, 11) is -4.44. The molecule has 0 aliphatic rings. The molecule has 1 unspecified atom stereocenters. The van der Waals surface area contributed by atoms with Crippen LogP contribution in [0, 0.1) is 11.6 Å². The van der Waals surface area contributed by atoms with Crippen molar-refractivity contribution in [3.05, 3.63) is 69.7 Å². The minimum absolute atomic E-state index is 0.163. The third-order valence-corrected chi connectivity index (χ3v) is 5.46. The van der Waals surface area contributed by atoms with Crippen molar-refractivity contribution in [2.45, 2.75) is 12.5 Å². The van der Waals surface area contributed by atoms with E-state index in [1.807, 2.05) is 0 Å². The van der Waals surface area contributed by atoms with Crippen LogP contribution in [-0.2, 0) is 10.1 Å². The molecule has 1 amide bonds. The van der Waals surface area contributed by atoms with Crippen LogP contribution in [0.25, 0.3) is 11.3 Å². The first-order valence-electron chi connectivity index (χ1n) is 8.78. The fraction of sp³-hybridized carbons (Fsp3) is 0.158. The van der Waals surface area contributed by atoms with Crippen molar-refractivity contribution in [2.24, 2.45) is 5.73 Å². The lowest BCUT2D eigenvalue weighted by atomic mass is 10.1. The Morgan fingerprint density at radius 2 is 1.84 bits per heavy atom. The highest BCUT2D eigenvalue weighted by Crippen LogP contribution is 2.35. The number of carbonyl (C=O) groups excluding carboxylic acids is 1. The highest BCUT2D eigenvalue weighted by molar-refractivity contribution is 7.85. The van der Waals surface area contributed by atoms with Crippen LogP contribution >= 0.6 is 23.2 Å². The molecule has 1 atom stereocenters. The molecule has 0 aliphatic heterocycles. The zero-order chi connectivity index (χ0) is 23.6. The van der Waals surface area contributed by atoms with Crippen molar-refractivity contribution >= 4 is 39.2 Å². The number of nitrogens with zero attached hydrogens (tertiary/aromatic N) is 1. The molecule has 0 saturated carbocycles. The van der Waals surface area contributed by atoms with Crippen molar-refractivity contribution in [3.8, 4) is 17.0 Å². The van der Waals surface area contributed by atoms with Gasteiger partial charge < -0.3 is 14.9 Å². The van der Waals surface area contributed by atoms with Crippen molar-refractivity contribution in [1.82, 2.24) is 4.98 Å². The van der Waals surface area contributed by atoms with Crippen molar-refractivity contribution < 1.29 is 35.7 Å². The Kier molecular flexibility index (Phi) is 7.03. The number of primary amides is 1. The fourth-order valence-electron chi connectivity index (χ4n) is 2.73. The second-order valence-electron chi connectivity index (χ2n) is 6.46. The standard InChI is InChI=1S/C19H14Cl2F2N2O6S/c20-10-3-1-9(2-4-10)16-17(21)31-19(25-16)13(7-8-32(27,28)29)30-12-6-5-11(22)14(15(12)23)18(24)26/h1-6,13H,7-8H2,(H2,24,26)(H,27,28,29). The zero-order valence-corrected chi connectivity index (χ0v) is 18.2. The van der Waals surface area contributed by atoms with Crippen LogP contribution < -0.4 is 10.5 Å². The van der Waals surface area contributed by atoms with E-state index in [9.17, 15) is 22.0 Å². The van der Waals surface area contributed by atoms with Gasteiger partial charge in [0.1, 0.15) is 17.1 Å². The number of halogens is 4. The predicted octanol–water partition coefficient (Wildman–Crippen LogP) is 4.42. The molecule has 8 nitrogen and oxygen atoms in total. The molecule has 32 heavy (non-hydrogen) atoms. The molecule has 13 heteroatoms. The average molecular weight is 507 g/mol. The van der Waals surface area contributed by atoms with Gasteiger partial charge in [0.05, 0.1) is 5.75 Å². The number of amides is 1. The Morgan fingerprint density at radius 3 is 2.44 bits per heavy atom. The number of aromatic nitrogens is 1. The lowest BCUT2D eigenvalue weighted by molar-refractivity contribution is 0.0989. The van der Waals surface area contributed by atoms with Gasteiger partial charge in [0, 0.05) is 17.0 Å². The van der Waals surface area contributed by atoms with Gasteiger partial charge in [-0.3, -0.25) is 9.35 Å². The highest BCUT2D eigenvalue weighted by Gasteiger charge is 2.28. The molecule has 2 aromatic carbocycles. The third-order valence-electron chi connectivity index (χ3n) is 4.20. The van der Waals surface area contributed by atoms with Gasteiger partial charge in [-0.2, -0.15) is 8.42 Å². The van der Waals surface area contributed by atoms with Gasteiger partial charge in [-0.25, -0.2) is 13.8 Å². The average Bonchev–Trinajstić information content (AvgIpc) is 3.08. The Hall–Kier alpha value is -2.73. The number of oxazole rings is 1. The molecular weight excluding hydrogens is 493 g/mol. The maximum absolute atomic E-state index is 14.6. The number of benzene rings is 2. The number of rotatable bonds is 8. The molecule has 3 rings (SSSR count). The van der Waals surface area contributed by atoms with Gasteiger partial charge in [-0.1, -0.05) is 23.7 Å². The fourth-order valence-corrected chi connectivity index (χ4v) is 3.60. The van der Waals surface area contributed by atoms with Gasteiger partial charge in [0.2, 0.25) is 11.1 Å². The highest BCUT2D eigenvalue weighted by atomic mass is 35.5. The first-order chi connectivity index (χ1) is 15.0. The van der Waals surface area contributed by atoms with Crippen LogP contribution in [0.15, 0.2) is 40.8 Å². The molecule has 170 valence electrons. The third kappa shape index (κ3) is 5.54. The van der Waals surface area contributed by atoms with E-state index in [2.05, 4.69) is 4.98 Å². The number of ether oxygens (including phenoxy) is 1. The summed E-state index contributed by atoms with van der Waals surface area (Å²) in [5.74, 6) is -5.66. The van der Waals surface area contributed by atoms with Crippen LogP contribution in [0.3, 0.4) is 0 Å². The van der Waals surface area contributed by atoms with Crippen molar-refractivity contribution in [2.75, 3.05) is 5.75 Å². The summed E-state index contributed by atoms with van der Waals surface area (Å²) in [6, 6.07) is 7.98. The second-order valence-corrected chi connectivity index (χ2v) is 8.81. The summed E-state index contributed by atoms with van der Waals surface area (Å²) >= 11 is 12.0. The number of nitrogens with two attached hydrogens (primary N) is 1. The molecule has 1 aromatic heterocycles.